The molecular formula is C12H14N4O. The number of aromatic amines is 1. The first kappa shape index (κ1) is 11.3. The lowest BCUT2D eigenvalue weighted by molar-refractivity contribution is 0.102. The Hall–Kier alpha value is -2.17. The molecule has 0 fully saturated rings. The van der Waals surface area contributed by atoms with Gasteiger partial charge in [-0.05, 0) is 18.1 Å². The van der Waals surface area contributed by atoms with Crippen molar-refractivity contribution in [3.05, 3.63) is 41.9 Å². The molecule has 0 atom stereocenters. The summed E-state index contributed by atoms with van der Waals surface area (Å²) in [6.45, 7) is 4.11. The average Bonchev–Trinajstić information content (AvgIpc) is 2.79. The highest BCUT2D eigenvalue weighted by Crippen LogP contribution is 2.15. The largest absolute Gasteiger partial charge is 0.305 e. The van der Waals surface area contributed by atoms with Crippen molar-refractivity contribution in [2.75, 3.05) is 5.32 Å². The summed E-state index contributed by atoms with van der Waals surface area (Å²) in [7, 11) is 0. The number of H-pyrrole nitrogens is 1. The van der Waals surface area contributed by atoms with Gasteiger partial charge in [-0.3, -0.25) is 14.9 Å². The molecule has 0 aliphatic heterocycles. The van der Waals surface area contributed by atoms with E-state index in [4.69, 9.17) is 0 Å². The highest BCUT2D eigenvalue weighted by atomic mass is 16.1. The summed E-state index contributed by atoms with van der Waals surface area (Å²) in [5.41, 5.74) is 1.51. The number of hydrogen-bond donors (Lipinski definition) is 2. The predicted molar refractivity (Wildman–Crippen MR) is 64.9 cm³/mol. The van der Waals surface area contributed by atoms with Crippen LogP contribution in [0, 0.1) is 0 Å². The van der Waals surface area contributed by atoms with Crippen LogP contribution in [0.25, 0.3) is 0 Å². The molecule has 0 saturated heterocycles. The number of anilines is 1. The second-order valence-corrected chi connectivity index (χ2v) is 4.06. The normalized spacial score (nSPS) is 10.5. The standard InChI is InChI=1S/C12H14N4O/c1-8(2)10-6-11(16-15-10)14-12(17)9-4-3-5-13-7-9/h3-8H,1-2H3,(H2,14,15,16,17). The molecule has 0 bridgehead atoms. The Morgan fingerprint density at radius 2 is 2.29 bits per heavy atom. The number of nitrogens with zero attached hydrogens (tertiary/aromatic N) is 2. The molecule has 2 N–H and O–H groups in total. The zero-order valence-corrected chi connectivity index (χ0v) is 9.77. The number of hydrogen-bond acceptors (Lipinski definition) is 3. The van der Waals surface area contributed by atoms with E-state index in [1.54, 1.807) is 18.3 Å². The van der Waals surface area contributed by atoms with E-state index < -0.39 is 0 Å². The van der Waals surface area contributed by atoms with Crippen LogP contribution in [0.3, 0.4) is 0 Å². The fraction of sp³-hybridized carbons (Fsp3) is 0.250. The third kappa shape index (κ3) is 2.69. The molecule has 2 rings (SSSR count). The van der Waals surface area contributed by atoms with Crippen molar-refractivity contribution >= 4 is 11.7 Å². The number of rotatable bonds is 3. The summed E-state index contributed by atoms with van der Waals surface area (Å²) < 4.78 is 0. The summed E-state index contributed by atoms with van der Waals surface area (Å²) in [6.07, 6.45) is 3.15. The minimum atomic E-state index is -0.208. The molecule has 2 aromatic heterocycles. The van der Waals surface area contributed by atoms with Crippen LogP contribution in [0.4, 0.5) is 5.82 Å². The topological polar surface area (TPSA) is 70.7 Å². The summed E-state index contributed by atoms with van der Waals surface area (Å²) in [5, 5.41) is 9.62. The molecule has 0 saturated carbocycles. The summed E-state index contributed by atoms with van der Waals surface area (Å²) in [5.74, 6) is 0.675. The fourth-order valence-corrected chi connectivity index (χ4v) is 1.38. The van der Waals surface area contributed by atoms with Gasteiger partial charge in [-0.1, -0.05) is 13.8 Å². The summed E-state index contributed by atoms with van der Waals surface area (Å²) >= 11 is 0. The molecule has 5 nitrogen and oxygen atoms in total. The molecule has 88 valence electrons. The van der Waals surface area contributed by atoms with Crippen LogP contribution in [0.5, 0.6) is 0 Å². The molecule has 0 spiro atoms. The van der Waals surface area contributed by atoms with Crippen LogP contribution in [0.15, 0.2) is 30.6 Å². The Morgan fingerprint density at radius 3 is 2.88 bits per heavy atom. The van der Waals surface area contributed by atoms with Crippen molar-refractivity contribution in [3.63, 3.8) is 0 Å². The quantitative estimate of drug-likeness (QED) is 0.849. The van der Waals surface area contributed by atoms with Gasteiger partial charge in [-0.15, -0.1) is 0 Å². The van der Waals surface area contributed by atoms with E-state index in [2.05, 4.69) is 34.3 Å². The molecule has 0 radical (unpaired) electrons. The second kappa shape index (κ2) is 4.78. The first-order valence-corrected chi connectivity index (χ1v) is 5.43. The smallest absolute Gasteiger partial charge is 0.258 e. The first-order valence-electron chi connectivity index (χ1n) is 5.43. The van der Waals surface area contributed by atoms with Crippen molar-refractivity contribution in [1.82, 2.24) is 15.2 Å². The van der Waals surface area contributed by atoms with Crippen molar-refractivity contribution < 1.29 is 4.79 Å². The van der Waals surface area contributed by atoms with Gasteiger partial charge >= 0.3 is 0 Å². The third-order valence-corrected chi connectivity index (χ3v) is 2.39. The average molecular weight is 230 g/mol. The van der Waals surface area contributed by atoms with E-state index in [9.17, 15) is 4.79 Å². The number of carbonyl (C=O) groups excluding carboxylic acids is 1. The molecule has 2 heterocycles. The number of amides is 1. The molecule has 0 unspecified atom stereocenters. The minimum absolute atomic E-state index is 0.208. The van der Waals surface area contributed by atoms with E-state index in [0.717, 1.165) is 5.69 Å². The molecule has 0 aromatic carbocycles. The van der Waals surface area contributed by atoms with Crippen molar-refractivity contribution in [1.29, 1.82) is 0 Å². The van der Waals surface area contributed by atoms with Crippen LogP contribution in [0.2, 0.25) is 0 Å². The first-order chi connectivity index (χ1) is 8.16. The van der Waals surface area contributed by atoms with Crippen molar-refractivity contribution in [3.8, 4) is 0 Å². The molecular weight excluding hydrogens is 216 g/mol. The monoisotopic (exact) mass is 230 g/mol. The summed E-state index contributed by atoms with van der Waals surface area (Å²) in [4.78, 5) is 15.7. The maximum absolute atomic E-state index is 11.8. The summed E-state index contributed by atoms with van der Waals surface area (Å²) in [6, 6.07) is 5.26. The van der Waals surface area contributed by atoms with Gasteiger partial charge in [0.15, 0.2) is 5.82 Å². The van der Waals surface area contributed by atoms with Gasteiger partial charge in [0.1, 0.15) is 0 Å². The van der Waals surface area contributed by atoms with E-state index in [1.165, 1.54) is 6.20 Å². The minimum Gasteiger partial charge on any atom is -0.305 e. The van der Waals surface area contributed by atoms with Gasteiger partial charge in [-0.2, -0.15) is 5.10 Å². The van der Waals surface area contributed by atoms with Crippen LogP contribution in [-0.4, -0.2) is 21.1 Å². The maximum atomic E-state index is 11.8. The highest BCUT2D eigenvalue weighted by Gasteiger charge is 2.09. The number of pyridine rings is 1. The van der Waals surface area contributed by atoms with Gasteiger partial charge in [0.25, 0.3) is 5.91 Å². The number of carbonyl (C=O) groups is 1. The van der Waals surface area contributed by atoms with Gasteiger partial charge in [0, 0.05) is 24.2 Å². The van der Waals surface area contributed by atoms with Gasteiger partial charge in [0.2, 0.25) is 0 Å². The zero-order valence-electron chi connectivity index (χ0n) is 9.77. The van der Waals surface area contributed by atoms with Crippen LogP contribution in [0.1, 0.15) is 35.8 Å². The fourth-order valence-electron chi connectivity index (χ4n) is 1.38. The van der Waals surface area contributed by atoms with Crippen LogP contribution >= 0.6 is 0 Å². The Morgan fingerprint density at radius 1 is 1.47 bits per heavy atom. The third-order valence-electron chi connectivity index (χ3n) is 2.39. The molecule has 17 heavy (non-hydrogen) atoms. The van der Waals surface area contributed by atoms with Gasteiger partial charge in [-0.25, -0.2) is 0 Å². The van der Waals surface area contributed by atoms with Gasteiger partial charge < -0.3 is 5.32 Å². The number of aromatic nitrogens is 3. The van der Waals surface area contributed by atoms with E-state index in [0.29, 0.717) is 17.3 Å². The Bertz CT molecular complexity index is 504. The Labute approximate surface area is 99.3 Å². The Balaban J connectivity index is 2.08. The molecule has 0 aliphatic rings. The molecule has 5 heteroatoms. The Kier molecular flexibility index (Phi) is 3.18. The SMILES string of the molecule is CC(C)c1cc(NC(=O)c2cccnc2)n[nH]1. The van der Waals surface area contributed by atoms with E-state index in [-0.39, 0.29) is 5.91 Å². The molecule has 0 aliphatic carbocycles. The van der Waals surface area contributed by atoms with Crippen LogP contribution < -0.4 is 5.32 Å². The zero-order chi connectivity index (χ0) is 12.3. The maximum Gasteiger partial charge on any atom is 0.258 e. The van der Waals surface area contributed by atoms with Crippen LogP contribution in [-0.2, 0) is 0 Å². The lowest BCUT2D eigenvalue weighted by Crippen LogP contribution is -2.12. The highest BCUT2D eigenvalue weighted by molar-refractivity contribution is 6.03. The van der Waals surface area contributed by atoms with E-state index >= 15 is 0 Å². The van der Waals surface area contributed by atoms with E-state index in [1.807, 2.05) is 6.07 Å². The van der Waals surface area contributed by atoms with Gasteiger partial charge in [0.05, 0.1) is 5.56 Å². The lowest BCUT2D eigenvalue weighted by atomic mass is 10.1. The molecule has 1 amide bonds. The molecule has 2 aromatic rings. The second-order valence-electron chi connectivity index (χ2n) is 4.06. The van der Waals surface area contributed by atoms with Crippen molar-refractivity contribution in [2.45, 2.75) is 19.8 Å². The predicted octanol–water partition coefficient (Wildman–Crippen LogP) is 2.18. The number of nitrogens with one attached hydrogen (secondary N) is 2. The lowest BCUT2D eigenvalue weighted by Gasteiger charge is -2.00. The van der Waals surface area contributed by atoms with Crippen molar-refractivity contribution in [2.24, 2.45) is 0 Å².